The second-order valence-corrected chi connectivity index (χ2v) is 7.29. The summed E-state index contributed by atoms with van der Waals surface area (Å²) in [5, 5.41) is 10.6. The quantitative estimate of drug-likeness (QED) is 0.196. The maximum atomic E-state index is 5.88. The number of benzene rings is 1. The Hall–Kier alpha value is -0.510. The Morgan fingerprint density at radius 3 is 2.67 bits per heavy atom. The van der Waals surface area contributed by atoms with E-state index in [1.807, 2.05) is 24.3 Å². The maximum absolute atomic E-state index is 5.88. The molecule has 2 N–H and O–H groups in total. The Labute approximate surface area is 173 Å². The van der Waals surface area contributed by atoms with Crippen molar-refractivity contribution in [1.82, 2.24) is 15.6 Å². The molecule has 0 aliphatic rings. The minimum absolute atomic E-state index is 0. The summed E-state index contributed by atoms with van der Waals surface area (Å²) < 4.78 is 0. The van der Waals surface area contributed by atoms with E-state index in [0.717, 1.165) is 35.4 Å². The van der Waals surface area contributed by atoms with Gasteiger partial charge in [-0.1, -0.05) is 18.5 Å². The van der Waals surface area contributed by atoms with Gasteiger partial charge >= 0.3 is 0 Å². The number of aliphatic imine (C=N–C) groups is 1. The molecular formula is C16H22ClIN4S2. The van der Waals surface area contributed by atoms with Crippen molar-refractivity contribution in [2.24, 2.45) is 4.99 Å². The third-order valence-corrected chi connectivity index (χ3v) is 5.35. The monoisotopic (exact) mass is 496 g/mol. The van der Waals surface area contributed by atoms with Crippen molar-refractivity contribution < 1.29 is 0 Å². The third kappa shape index (κ3) is 7.58. The first-order valence-corrected chi connectivity index (χ1v) is 9.71. The SMILES string of the molecule is CCc1nc(CNC(=NC)NCCSc2ccc(Cl)cc2)cs1.I. The highest BCUT2D eigenvalue weighted by Crippen LogP contribution is 2.19. The van der Waals surface area contributed by atoms with Crippen LogP contribution < -0.4 is 10.6 Å². The third-order valence-electron chi connectivity index (χ3n) is 3.04. The van der Waals surface area contributed by atoms with Crippen LogP contribution in [0.1, 0.15) is 17.6 Å². The number of thioether (sulfide) groups is 1. The highest BCUT2D eigenvalue weighted by molar-refractivity contribution is 14.0. The molecule has 2 rings (SSSR count). The Morgan fingerprint density at radius 2 is 2.04 bits per heavy atom. The molecule has 24 heavy (non-hydrogen) atoms. The first-order valence-electron chi connectivity index (χ1n) is 7.47. The van der Waals surface area contributed by atoms with Crippen molar-refractivity contribution in [2.75, 3.05) is 19.3 Å². The number of hydrogen-bond donors (Lipinski definition) is 2. The zero-order valence-electron chi connectivity index (χ0n) is 13.7. The summed E-state index contributed by atoms with van der Waals surface area (Å²) in [6.45, 7) is 3.65. The summed E-state index contributed by atoms with van der Waals surface area (Å²) in [4.78, 5) is 9.98. The van der Waals surface area contributed by atoms with E-state index < -0.39 is 0 Å². The normalized spacial score (nSPS) is 11.0. The Balaban J connectivity index is 0.00000288. The zero-order valence-corrected chi connectivity index (χ0v) is 18.4. The van der Waals surface area contributed by atoms with E-state index in [2.05, 4.69) is 32.9 Å². The average Bonchev–Trinajstić information content (AvgIpc) is 3.04. The van der Waals surface area contributed by atoms with Crippen LogP contribution in [-0.4, -0.2) is 30.3 Å². The molecule has 1 aromatic carbocycles. The van der Waals surface area contributed by atoms with Crippen molar-refractivity contribution >= 4 is 64.6 Å². The molecule has 0 unspecified atom stereocenters. The Morgan fingerprint density at radius 1 is 1.29 bits per heavy atom. The van der Waals surface area contributed by atoms with Gasteiger partial charge in [-0.3, -0.25) is 4.99 Å². The van der Waals surface area contributed by atoms with E-state index >= 15 is 0 Å². The largest absolute Gasteiger partial charge is 0.356 e. The van der Waals surface area contributed by atoms with Crippen LogP contribution >= 0.6 is 58.7 Å². The van der Waals surface area contributed by atoms with Gasteiger partial charge in [-0.2, -0.15) is 0 Å². The van der Waals surface area contributed by atoms with Gasteiger partial charge in [-0.25, -0.2) is 4.98 Å². The molecule has 0 aliphatic carbocycles. The lowest BCUT2D eigenvalue weighted by Crippen LogP contribution is -2.38. The highest BCUT2D eigenvalue weighted by atomic mass is 127. The molecule has 4 nitrogen and oxygen atoms in total. The van der Waals surface area contributed by atoms with Gasteiger partial charge in [0.2, 0.25) is 0 Å². The van der Waals surface area contributed by atoms with E-state index in [1.165, 1.54) is 9.90 Å². The first-order chi connectivity index (χ1) is 11.2. The van der Waals surface area contributed by atoms with Gasteiger partial charge < -0.3 is 10.6 Å². The molecule has 8 heteroatoms. The second kappa shape index (κ2) is 11.9. The summed E-state index contributed by atoms with van der Waals surface area (Å²) in [6.07, 6.45) is 0.986. The van der Waals surface area contributed by atoms with Gasteiger partial charge in [0.1, 0.15) is 0 Å². The number of thiazole rings is 1. The molecule has 0 saturated carbocycles. The van der Waals surface area contributed by atoms with E-state index in [0.29, 0.717) is 6.54 Å². The molecule has 132 valence electrons. The van der Waals surface area contributed by atoms with Crippen LogP contribution in [0.3, 0.4) is 0 Å². The fraction of sp³-hybridized carbons (Fsp3) is 0.375. The molecule has 0 amide bonds. The molecule has 0 spiro atoms. The summed E-state index contributed by atoms with van der Waals surface area (Å²) in [7, 11) is 1.78. The minimum atomic E-state index is 0. The summed E-state index contributed by atoms with van der Waals surface area (Å²) in [6, 6.07) is 7.90. The van der Waals surface area contributed by atoms with Crippen LogP contribution in [0.15, 0.2) is 39.5 Å². The van der Waals surface area contributed by atoms with Gasteiger partial charge in [0.05, 0.1) is 17.2 Å². The van der Waals surface area contributed by atoms with Crippen LogP contribution in [0, 0.1) is 0 Å². The Bertz CT molecular complexity index is 631. The van der Waals surface area contributed by atoms with E-state index in [4.69, 9.17) is 11.6 Å². The number of rotatable bonds is 7. The van der Waals surface area contributed by atoms with Crippen LogP contribution in [0.25, 0.3) is 0 Å². The van der Waals surface area contributed by atoms with Crippen LogP contribution in [0.4, 0.5) is 0 Å². The van der Waals surface area contributed by atoms with Gasteiger partial charge in [0, 0.05) is 34.6 Å². The first kappa shape index (κ1) is 21.5. The van der Waals surface area contributed by atoms with Gasteiger partial charge in [-0.15, -0.1) is 47.1 Å². The fourth-order valence-electron chi connectivity index (χ4n) is 1.86. The van der Waals surface area contributed by atoms with Crippen LogP contribution in [0.2, 0.25) is 5.02 Å². The number of nitrogens with one attached hydrogen (secondary N) is 2. The lowest BCUT2D eigenvalue weighted by Gasteiger charge is -2.10. The highest BCUT2D eigenvalue weighted by Gasteiger charge is 2.02. The van der Waals surface area contributed by atoms with E-state index in [-0.39, 0.29) is 24.0 Å². The molecule has 2 aromatic rings. The number of nitrogens with zero attached hydrogens (tertiary/aromatic N) is 2. The number of aryl methyl sites for hydroxylation is 1. The minimum Gasteiger partial charge on any atom is -0.356 e. The van der Waals surface area contributed by atoms with Crippen molar-refractivity contribution in [3.05, 3.63) is 45.4 Å². The van der Waals surface area contributed by atoms with Crippen molar-refractivity contribution in [3.63, 3.8) is 0 Å². The van der Waals surface area contributed by atoms with Crippen molar-refractivity contribution in [2.45, 2.75) is 24.8 Å². The van der Waals surface area contributed by atoms with Crippen molar-refractivity contribution in [1.29, 1.82) is 0 Å². The average molecular weight is 497 g/mol. The van der Waals surface area contributed by atoms with Crippen molar-refractivity contribution in [3.8, 4) is 0 Å². The topological polar surface area (TPSA) is 49.3 Å². The lowest BCUT2D eigenvalue weighted by atomic mass is 10.4. The number of halogens is 2. The zero-order chi connectivity index (χ0) is 16.5. The maximum Gasteiger partial charge on any atom is 0.191 e. The lowest BCUT2D eigenvalue weighted by molar-refractivity contribution is 0.813. The molecule has 0 atom stereocenters. The smallest absolute Gasteiger partial charge is 0.191 e. The molecule has 0 aliphatic heterocycles. The van der Waals surface area contributed by atoms with Gasteiger partial charge in [0.15, 0.2) is 5.96 Å². The molecule has 0 fully saturated rings. The van der Waals surface area contributed by atoms with Crippen LogP contribution in [0.5, 0.6) is 0 Å². The number of guanidine groups is 1. The molecule has 0 bridgehead atoms. The molecular weight excluding hydrogens is 475 g/mol. The fourth-order valence-corrected chi connectivity index (χ4v) is 3.50. The molecule has 1 aromatic heterocycles. The van der Waals surface area contributed by atoms with Gasteiger partial charge in [-0.05, 0) is 30.7 Å². The summed E-state index contributed by atoms with van der Waals surface area (Å²) >= 11 is 9.37. The molecule has 1 heterocycles. The van der Waals surface area contributed by atoms with Crippen LogP contribution in [-0.2, 0) is 13.0 Å². The second-order valence-electron chi connectivity index (χ2n) is 4.74. The number of aromatic nitrogens is 1. The van der Waals surface area contributed by atoms with E-state index in [1.54, 1.807) is 30.1 Å². The number of hydrogen-bond acceptors (Lipinski definition) is 4. The summed E-state index contributed by atoms with van der Waals surface area (Å²) in [5.41, 5.74) is 1.06. The predicted molar refractivity (Wildman–Crippen MR) is 117 cm³/mol. The Kier molecular flexibility index (Phi) is 10.7. The molecule has 0 radical (unpaired) electrons. The molecule has 0 saturated heterocycles. The van der Waals surface area contributed by atoms with Gasteiger partial charge in [0.25, 0.3) is 0 Å². The summed E-state index contributed by atoms with van der Waals surface area (Å²) in [5.74, 6) is 1.76. The predicted octanol–water partition coefficient (Wildman–Crippen LogP) is 4.43. The standard InChI is InChI=1S/C16H21ClN4S2.HI/c1-3-15-21-13(11-23-15)10-20-16(18-2)19-8-9-22-14-6-4-12(17)5-7-14;/h4-7,11H,3,8-10H2,1-2H3,(H2,18,19,20);1H. The van der Waals surface area contributed by atoms with E-state index in [9.17, 15) is 0 Å².